The number of nitrogens with one attached hydrogen (secondary N) is 2. The van der Waals surface area contributed by atoms with Crippen LogP contribution < -0.4 is 10.6 Å². The van der Waals surface area contributed by atoms with Crippen LogP contribution in [-0.2, 0) is 13.2 Å². The number of aromatic nitrogens is 5. The number of aryl methyl sites for hydroxylation is 2. The Balaban J connectivity index is 0.00000336. The summed E-state index contributed by atoms with van der Waals surface area (Å²) >= 11 is 0. The van der Waals surface area contributed by atoms with Crippen LogP contribution in [0, 0.1) is 6.92 Å². The molecule has 0 aliphatic carbocycles. The van der Waals surface area contributed by atoms with E-state index in [-0.39, 0.29) is 18.3 Å². The van der Waals surface area contributed by atoms with Crippen LogP contribution in [0.1, 0.15) is 34.4 Å². The number of fused-ring (bicyclic) bond motifs is 1. The van der Waals surface area contributed by atoms with Gasteiger partial charge in [-0.15, -0.1) is 12.4 Å². The smallest absolute Gasteiger partial charge is 0.273 e. The molecule has 2 N–H and O–H groups in total. The van der Waals surface area contributed by atoms with Crippen LogP contribution in [0.5, 0.6) is 0 Å². The van der Waals surface area contributed by atoms with E-state index in [2.05, 4.69) is 25.8 Å². The zero-order valence-corrected chi connectivity index (χ0v) is 21.7. The number of anilines is 3. The van der Waals surface area contributed by atoms with Crippen molar-refractivity contribution in [3.05, 3.63) is 95.7 Å². The van der Waals surface area contributed by atoms with E-state index >= 15 is 0 Å². The molecule has 1 amide bonds. The molecule has 0 saturated heterocycles. The van der Waals surface area contributed by atoms with Gasteiger partial charge in [0.05, 0.1) is 23.1 Å². The molecule has 2 aromatic carbocycles. The molecule has 5 aromatic rings. The molecule has 0 saturated carbocycles. The summed E-state index contributed by atoms with van der Waals surface area (Å²) in [5, 5.41) is 15.9. The first-order valence-corrected chi connectivity index (χ1v) is 11.9. The second-order valence-corrected chi connectivity index (χ2v) is 8.50. The third-order valence-corrected chi connectivity index (χ3v) is 5.90. The van der Waals surface area contributed by atoms with Crippen molar-refractivity contribution in [1.82, 2.24) is 24.5 Å². The molecule has 3 heterocycles. The molecule has 5 rings (SSSR count). The van der Waals surface area contributed by atoms with Crippen molar-refractivity contribution in [3.8, 4) is 0 Å². The summed E-state index contributed by atoms with van der Waals surface area (Å²) in [6.45, 7) is 3.71. The van der Waals surface area contributed by atoms with E-state index in [1.165, 1.54) is 0 Å². The van der Waals surface area contributed by atoms with Crippen LogP contribution in [-0.4, -0.2) is 30.5 Å². The van der Waals surface area contributed by atoms with Gasteiger partial charge in [-0.3, -0.25) is 14.5 Å². The van der Waals surface area contributed by atoms with E-state index in [1.54, 1.807) is 46.0 Å². The van der Waals surface area contributed by atoms with E-state index < -0.39 is 6.67 Å². The lowest BCUT2D eigenvalue weighted by Crippen LogP contribution is -2.17. The zero-order valence-electron chi connectivity index (χ0n) is 20.9. The summed E-state index contributed by atoms with van der Waals surface area (Å²) < 4.78 is 17.2. The molecule has 0 radical (unpaired) electrons. The molecule has 3 aromatic heterocycles. The predicted molar refractivity (Wildman–Crippen MR) is 152 cm³/mol. The van der Waals surface area contributed by atoms with E-state index in [4.69, 9.17) is 0 Å². The maximum absolute atomic E-state index is 13.8. The van der Waals surface area contributed by atoms with Gasteiger partial charge >= 0.3 is 0 Å². The van der Waals surface area contributed by atoms with Crippen LogP contribution >= 0.6 is 12.4 Å². The molecular formula is C28H27ClFN7O. The number of pyridine rings is 1. The van der Waals surface area contributed by atoms with Crippen molar-refractivity contribution >= 4 is 58.6 Å². The van der Waals surface area contributed by atoms with Crippen molar-refractivity contribution in [3.63, 3.8) is 0 Å². The maximum atomic E-state index is 13.8. The summed E-state index contributed by atoms with van der Waals surface area (Å²) in [6.07, 6.45) is 7.25. The quantitative estimate of drug-likeness (QED) is 0.239. The Kier molecular flexibility index (Phi) is 8.18. The van der Waals surface area contributed by atoms with Crippen molar-refractivity contribution in [2.45, 2.75) is 27.1 Å². The number of carbonyl (C=O) groups excluding carboxylic acids is 1. The van der Waals surface area contributed by atoms with Gasteiger partial charge in [-0.05, 0) is 68.5 Å². The van der Waals surface area contributed by atoms with Crippen LogP contribution in [0.15, 0.2) is 73.1 Å². The Morgan fingerprint density at radius 1 is 1.08 bits per heavy atom. The molecule has 8 nitrogen and oxygen atoms in total. The summed E-state index contributed by atoms with van der Waals surface area (Å²) in [6, 6.07) is 18.3. The van der Waals surface area contributed by atoms with Gasteiger partial charge in [0.15, 0.2) is 0 Å². The van der Waals surface area contributed by atoms with Gasteiger partial charge in [-0.1, -0.05) is 12.1 Å². The lowest BCUT2D eigenvalue weighted by Gasteiger charge is -2.14. The number of amides is 1. The van der Waals surface area contributed by atoms with Gasteiger partial charge in [0, 0.05) is 47.0 Å². The van der Waals surface area contributed by atoms with E-state index in [1.807, 2.05) is 62.5 Å². The second kappa shape index (κ2) is 11.7. The topological polar surface area (TPSA) is 89.7 Å². The fourth-order valence-electron chi connectivity index (χ4n) is 4.06. The summed E-state index contributed by atoms with van der Waals surface area (Å²) in [5.41, 5.74) is 5.31. The van der Waals surface area contributed by atoms with E-state index in [9.17, 15) is 9.18 Å². The van der Waals surface area contributed by atoms with E-state index in [0.717, 1.165) is 28.0 Å². The van der Waals surface area contributed by atoms with Crippen LogP contribution in [0.4, 0.5) is 21.5 Å². The molecule has 0 fully saturated rings. The molecule has 0 atom stereocenters. The molecular weight excluding hydrogens is 505 g/mol. The molecule has 10 heteroatoms. The highest BCUT2D eigenvalue weighted by atomic mass is 35.5. The predicted octanol–water partition coefficient (Wildman–Crippen LogP) is 6.47. The Morgan fingerprint density at radius 3 is 2.68 bits per heavy atom. The number of carbonyl (C=O) groups is 1. The van der Waals surface area contributed by atoms with Crippen molar-refractivity contribution < 1.29 is 9.18 Å². The lowest BCUT2D eigenvalue weighted by molar-refractivity contribution is 0.101. The fraction of sp³-hybridized carbons (Fsp3) is 0.143. The average Bonchev–Trinajstić information content (AvgIpc) is 3.51. The minimum atomic E-state index is -0.647. The minimum Gasteiger partial charge on any atom is -0.355 e. The van der Waals surface area contributed by atoms with Crippen LogP contribution in [0.2, 0.25) is 0 Å². The molecule has 0 bridgehead atoms. The normalized spacial score (nSPS) is 11.0. The number of hydrogen-bond donors (Lipinski definition) is 2. The summed E-state index contributed by atoms with van der Waals surface area (Å²) in [4.78, 5) is 17.2. The first-order valence-electron chi connectivity index (χ1n) is 11.9. The first-order chi connectivity index (χ1) is 18.0. The second-order valence-electron chi connectivity index (χ2n) is 8.50. The highest BCUT2D eigenvalue weighted by molar-refractivity contribution is 6.03. The number of rotatable bonds is 8. The minimum absolute atomic E-state index is 0. The highest BCUT2D eigenvalue weighted by Crippen LogP contribution is 2.28. The van der Waals surface area contributed by atoms with Gasteiger partial charge in [0.25, 0.3) is 5.91 Å². The SMILES string of the molecule is CCn1nc(C)cc1C(=O)Nc1ccc(CF)c(Nc2ccc3cnn(C=Cc4ccccn4)c3c2)c1.Cl. The maximum Gasteiger partial charge on any atom is 0.273 e. The summed E-state index contributed by atoms with van der Waals surface area (Å²) in [5.74, 6) is -0.272. The summed E-state index contributed by atoms with van der Waals surface area (Å²) in [7, 11) is 0. The van der Waals surface area contributed by atoms with Gasteiger partial charge < -0.3 is 10.6 Å². The van der Waals surface area contributed by atoms with Crippen LogP contribution in [0.3, 0.4) is 0 Å². The number of benzene rings is 2. The van der Waals surface area contributed by atoms with Gasteiger partial charge in [0.2, 0.25) is 0 Å². The Labute approximate surface area is 225 Å². The number of halogens is 2. The number of alkyl halides is 1. The van der Waals surface area contributed by atoms with Crippen molar-refractivity contribution in [2.75, 3.05) is 10.6 Å². The monoisotopic (exact) mass is 531 g/mol. The Morgan fingerprint density at radius 2 is 1.92 bits per heavy atom. The molecule has 0 unspecified atom stereocenters. The third-order valence-electron chi connectivity index (χ3n) is 5.90. The Bertz CT molecular complexity index is 1590. The molecule has 38 heavy (non-hydrogen) atoms. The number of nitrogens with zero attached hydrogens (tertiary/aromatic N) is 5. The highest BCUT2D eigenvalue weighted by Gasteiger charge is 2.14. The molecule has 0 spiro atoms. The average molecular weight is 532 g/mol. The largest absolute Gasteiger partial charge is 0.355 e. The van der Waals surface area contributed by atoms with Crippen molar-refractivity contribution in [2.24, 2.45) is 0 Å². The Hall–Kier alpha value is -4.50. The number of hydrogen-bond acceptors (Lipinski definition) is 5. The third kappa shape index (κ3) is 5.73. The van der Waals surface area contributed by atoms with Gasteiger partial charge in [-0.25, -0.2) is 9.07 Å². The van der Waals surface area contributed by atoms with E-state index in [0.29, 0.717) is 29.2 Å². The van der Waals surface area contributed by atoms with Crippen LogP contribution in [0.25, 0.3) is 23.2 Å². The first kappa shape index (κ1) is 26.6. The molecule has 0 aliphatic heterocycles. The van der Waals surface area contributed by atoms with Gasteiger partial charge in [-0.2, -0.15) is 10.2 Å². The zero-order chi connectivity index (χ0) is 25.8. The standard InChI is InChI=1S/C28H26FN7O.ClH/c1-3-35-27(14-19(2)34-35)28(37)33-23-9-7-20(17-29)25(15-23)32-24-10-8-21-18-31-36(26(21)16-24)13-11-22-6-4-5-12-30-22;/h4-16,18,32H,3,17H2,1-2H3,(H,33,37);1H. The van der Waals surface area contributed by atoms with Crippen molar-refractivity contribution in [1.29, 1.82) is 0 Å². The molecule has 0 aliphatic rings. The molecule has 194 valence electrons. The lowest BCUT2D eigenvalue weighted by atomic mass is 10.1. The van der Waals surface area contributed by atoms with Gasteiger partial charge in [0.1, 0.15) is 12.4 Å². The fourth-order valence-corrected chi connectivity index (χ4v) is 4.06.